The molecular weight excluding hydrogens is 316 g/mol. The first-order chi connectivity index (χ1) is 8.84. The number of hydrogen-bond acceptors (Lipinski definition) is 5. The SMILES string of the molecule is C=CCO[C@H]1O[C@H](C)[C@@H]2OC(C(Cl)(Cl)Cl)=N[C@@H]2[C@H]1O. The first kappa shape index (κ1) is 15.4. The highest BCUT2D eigenvalue weighted by Crippen LogP contribution is 2.37. The summed E-state index contributed by atoms with van der Waals surface area (Å²) < 4.78 is 14.6. The highest BCUT2D eigenvalue weighted by molar-refractivity contribution is 6.76. The number of aliphatic hydroxyl groups is 1. The largest absolute Gasteiger partial charge is 0.469 e. The molecule has 0 aromatic heterocycles. The van der Waals surface area contributed by atoms with Crippen LogP contribution in [0.4, 0.5) is 0 Å². The maximum Gasteiger partial charge on any atom is 0.266 e. The predicted octanol–water partition coefficient (Wildman–Crippen LogP) is 1.83. The Morgan fingerprint density at radius 2 is 2.21 bits per heavy atom. The fourth-order valence-corrected chi connectivity index (χ4v) is 2.33. The van der Waals surface area contributed by atoms with Gasteiger partial charge in [-0.2, -0.15) is 0 Å². The maximum absolute atomic E-state index is 10.2. The zero-order valence-electron chi connectivity index (χ0n) is 10.1. The molecule has 1 saturated heterocycles. The quantitative estimate of drug-likeness (QED) is 0.633. The molecule has 0 radical (unpaired) electrons. The Kier molecular flexibility index (Phi) is 4.65. The molecule has 1 N–H and O–H groups in total. The lowest BCUT2D eigenvalue weighted by atomic mass is 9.98. The molecule has 1 fully saturated rings. The number of aliphatic hydroxyl groups excluding tert-OH is 1. The molecule has 2 heterocycles. The number of ether oxygens (including phenoxy) is 3. The Labute approximate surface area is 126 Å². The van der Waals surface area contributed by atoms with Gasteiger partial charge in [-0.1, -0.05) is 40.9 Å². The van der Waals surface area contributed by atoms with E-state index in [9.17, 15) is 5.11 Å². The molecule has 0 unspecified atom stereocenters. The predicted molar refractivity (Wildman–Crippen MR) is 72.9 cm³/mol. The van der Waals surface area contributed by atoms with Crippen molar-refractivity contribution in [2.45, 2.75) is 41.4 Å². The van der Waals surface area contributed by atoms with Crippen LogP contribution in [0, 0.1) is 0 Å². The molecule has 19 heavy (non-hydrogen) atoms. The monoisotopic (exact) mass is 329 g/mol. The lowest BCUT2D eigenvalue weighted by Crippen LogP contribution is -2.55. The van der Waals surface area contributed by atoms with Crippen LogP contribution in [-0.2, 0) is 14.2 Å². The molecule has 2 rings (SSSR count). The molecule has 5 nitrogen and oxygen atoms in total. The second-order valence-electron chi connectivity index (χ2n) is 4.33. The Morgan fingerprint density at radius 3 is 2.79 bits per heavy atom. The van der Waals surface area contributed by atoms with Gasteiger partial charge in [0, 0.05) is 0 Å². The molecule has 0 spiro atoms. The summed E-state index contributed by atoms with van der Waals surface area (Å²) in [5, 5.41) is 10.2. The summed E-state index contributed by atoms with van der Waals surface area (Å²) >= 11 is 17.2. The van der Waals surface area contributed by atoms with Gasteiger partial charge in [0.1, 0.15) is 12.1 Å². The van der Waals surface area contributed by atoms with Crippen LogP contribution in [0.25, 0.3) is 0 Å². The van der Waals surface area contributed by atoms with Crippen LogP contribution in [0.1, 0.15) is 6.92 Å². The first-order valence-corrected chi connectivity index (χ1v) is 6.85. The Balaban J connectivity index is 2.14. The third-order valence-corrected chi connectivity index (χ3v) is 3.40. The van der Waals surface area contributed by atoms with Crippen molar-refractivity contribution in [2.75, 3.05) is 6.61 Å². The summed E-state index contributed by atoms with van der Waals surface area (Å²) in [4.78, 5) is 4.13. The first-order valence-electron chi connectivity index (χ1n) is 5.72. The van der Waals surface area contributed by atoms with Gasteiger partial charge in [0.05, 0.1) is 12.7 Å². The molecule has 5 atom stereocenters. The number of alkyl halides is 3. The number of aliphatic imine (C=N–C) groups is 1. The van der Waals surface area contributed by atoms with E-state index in [1.807, 2.05) is 0 Å². The Bertz CT molecular complexity index is 385. The molecule has 0 bridgehead atoms. The number of rotatable bonds is 3. The third kappa shape index (κ3) is 3.17. The topological polar surface area (TPSA) is 60.3 Å². The van der Waals surface area contributed by atoms with Gasteiger partial charge in [0.15, 0.2) is 12.4 Å². The maximum atomic E-state index is 10.2. The van der Waals surface area contributed by atoms with E-state index in [0.29, 0.717) is 0 Å². The van der Waals surface area contributed by atoms with Gasteiger partial charge in [-0.3, -0.25) is 0 Å². The van der Waals surface area contributed by atoms with E-state index in [1.165, 1.54) is 0 Å². The summed E-state index contributed by atoms with van der Waals surface area (Å²) in [5.41, 5.74) is 0. The summed E-state index contributed by atoms with van der Waals surface area (Å²) in [6.45, 7) is 5.57. The third-order valence-electron chi connectivity index (χ3n) is 2.91. The molecule has 0 aromatic rings. The summed E-state index contributed by atoms with van der Waals surface area (Å²) in [6, 6.07) is -0.579. The van der Waals surface area contributed by atoms with Crippen LogP contribution in [0.3, 0.4) is 0 Å². The van der Waals surface area contributed by atoms with E-state index in [1.54, 1.807) is 13.0 Å². The van der Waals surface area contributed by atoms with Gasteiger partial charge < -0.3 is 19.3 Å². The average molecular weight is 331 g/mol. The molecule has 108 valence electrons. The molecule has 0 aliphatic carbocycles. The molecule has 0 aromatic carbocycles. The molecular formula is C11H14Cl3NO4. The fraction of sp³-hybridized carbons (Fsp3) is 0.727. The molecule has 8 heteroatoms. The van der Waals surface area contributed by atoms with E-state index < -0.39 is 28.3 Å². The highest BCUT2D eigenvalue weighted by Gasteiger charge is 2.52. The molecule has 0 saturated carbocycles. The van der Waals surface area contributed by atoms with Gasteiger partial charge in [0.2, 0.25) is 5.90 Å². The van der Waals surface area contributed by atoms with Gasteiger partial charge in [-0.05, 0) is 6.92 Å². The van der Waals surface area contributed by atoms with E-state index in [2.05, 4.69) is 11.6 Å². The number of nitrogens with zero attached hydrogens (tertiary/aromatic N) is 1. The summed E-state index contributed by atoms with van der Waals surface area (Å²) in [7, 11) is 0. The van der Waals surface area contributed by atoms with E-state index in [0.717, 1.165) is 0 Å². The van der Waals surface area contributed by atoms with Crippen molar-refractivity contribution >= 4 is 40.7 Å². The van der Waals surface area contributed by atoms with Gasteiger partial charge >= 0.3 is 0 Å². The van der Waals surface area contributed by atoms with Crippen LogP contribution in [0.2, 0.25) is 0 Å². The van der Waals surface area contributed by atoms with Crippen LogP contribution in [-0.4, -0.2) is 52.0 Å². The zero-order valence-corrected chi connectivity index (χ0v) is 12.4. The van der Waals surface area contributed by atoms with Crippen LogP contribution in [0.5, 0.6) is 0 Å². The smallest absolute Gasteiger partial charge is 0.266 e. The normalized spacial score (nSPS) is 38.4. The Hall–Kier alpha value is -0.0400. The second kappa shape index (κ2) is 5.76. The van der Waals surface area contributed by atoms with Crippen LogP contribution >= 0.6 is 34.8 Å². The fourth-order valence-electron chi connectivity index (χ4n) is 2.05. The van der Waals surface area contributed by atoms with Gasteiger partial charge in [-0.25, -0.2) is 4.99 Å². The lowest BCUT2D eigenvalue weighted by molar-refractivity contribution is -0.256. The van der Waals surface area contributed by atoms with Gasteiger partial charge in [-0.15, -0.1) is 6.58 Å². The second-order valence-corrected chi connectivity index (χ2v) is 6.61. The lowest BCUT2D eigenvalue weighted by Gasteiger charge is -2.38. The van der Waals surface area contributed by atoms with Crippen molar-refractivity contribution in [1.82, 2.24) is 0 Å². The highest BCUT2D eigenvalue weighted by atomic mass is 35.6. The minimum atomic E-state index is -1.76. The molecule has 0 amide bonds. The number of halogens is 3. The van der Waals surface area contributed by atoms with Crippen molar-refractivity contribution in [1.29, 1.82) is 0 Å². The van der Waals surface area contributed by atoms with Crippen molar-refractivity contribution in [3.63, 3.8) is 0 Å². The van der Waals surface area contributed by atoms with Crippen LogP contribution < -0.4 is 0 Å². The average Bonchev–Trinajstić information content (AvgIpc) is 2.77. The van der Waals surface area contributed by atoms with E-state index in [-0.39, 0.29) is 18.6 Å². The minimum absolute atomic E-state index is 0.0358. The van der Waals surface area contributed by atoms with Crippen molar-refractivity contribution in [2.24, 2.45) is 4.99 Å². The summed E-state index contributed by atoms with van der Waals surface area (Å²) in [6.07, 6.45) is -1.09. The van der Waals surface area contributed by atoms with E-state index >= 15 is 0 Å². The van der Waals surface area contributed by atoms with Crippen molar-refractivity contribution in [3.05, 3.63) is 12.7 Å². The minimum Gasteiger partial charge on any atom is -0.469 e. The standard InChI is InChI=1S/C11H14Cl3NO4/c1-3-4-17-9-7(16)6-8(5(2)18-9)19-10(15-6)11(12,13)14/h3,5-9,16H,1,4H2,2H3/t5-,6-,7-,8+,9+/m1/s1. The zero-order chi connectivity index (χ0) is 14.2. The Morgan fingerprint density at radius 1 is 1.53 bits per heavy atom. The molecule has 2 aliphatic rings. The van der Waals surface area contributed by atoms with Crippen molar-refractivity contribution in [3.8, 4) is 0 Å². The number of hydrogen-bond donors (Lipinski definition) is 1. The van der Waals surface area contributed by atoms with Crippen LogP contribution in [0.15, 0.2) is 17.6 Å². The number of fused-ring (bicyclic) bond motifs is 1. The van der Waals surface area contributed by atoms with Gasteiger partial charge in [0.25, 0.3) is 3.79 Å². The summed E-state index contributed by atoms with van der Waals surface area (Å²) in [5.74, 6) is -0.0358. The van der Waals surface area contributed by atoms with E-state index in [4.69, 9.17) is 49.0 Å². The van der Waals surface area contributed by atoms with Crippen molar-refractivity contribution < 1.29 is 19.3 Å². The molecule has 2 aliphatic heterocycles.